The van der Waals surface area contributed by atoms with Crippen molar-refractivity contribution in [1.82, 2.24) is 4.57 Å². The van der Waals surface area contributed by atoms with E-state index in [1.165, 1.54) is 0 Å². The Morgan fingerprint density at radius 1 is 1.17 bits per heavy atom. The van der Waals surface area contributed by atoms with Crippen molar-refractivity contribution in [3.63, 3.8) is 0 Å². The molecule has 3 fully saturated rings. The molecule has 1 aromatic rings. The number of aldehydes is 1. The van der Waals surface area contributed by atoms with E-state index in [2.05, 4.69) is 13.8 Å². The highest BCUT2D eigenvalue weighted by molar-refractivity contribution is 5.72. The van der Waals surface area contributed by atoms with Crippen molar-refractivity contribution in [2.45, 2.75) is 70.4 Å². The number of aromatic nitrogens is 1. The zero-order valence-corrected chi connectivity index (χ0v) is 17.2. The first kappa shape index (κ1) is 20.9. The maximum Gasteiger partial charge on any atom is 0.218 e. The van der Waals surface area contributed by atoms with Crippen molar-refractivity contribution in [1.29, 1.82) is 0 Å². The summed E-state index contributed by atoms with van der Waals surface area (Å²) in [5.74, 6) is -2.41. The molecule has 9 nitrogen and oxygen atoms in total. The van der Waals surface area contributed by atoms with Gasteiger partial charge in [0.05, 0.1) is 37.8 Å². The lowest BCUT2D eigenvalue weighted by atomic mass is 9.95. The molecule has 4 atom stereocenters. The predicted octanol–water partition coefficient (Wildman–Crippen LogP) is 0.972. The van der Waals surface area contributed by atoms with Crippen molar-refractivity contribution in [2.75, 3.05) is 19.8 Å². The van der Waals surface area contributed by atoms with E-state index < -0.39 is 36.2 Å². The first-order chi connectivity index (χ1) is 13.6. The number of fused-ring (bicyclic) bond motifs is 1. The minimum atomic E-state index is -1.37. The maximum atomic E-state index is 11.7. The van der Waals surface area contributed by atoms with Crippen LogP contribution in [0.2, 0.25) is 0 Å². The molecule has 0 radical (unpaired) electrons. The van der Waals surface area contributed by atoms with Crippen molar-refractivity contribution in [3.05, 3.63) is 23.5 Å². The van der Waals surface area contributed by atoms with Crippen molar-refractivity contribution >= 4 is 6.29 Å². The van der Waals surface area contributed by atoms with Crippen LogP contribution in [0.25, 0.3) is 0 Å². The molecule has 9 heteroatoms. The molecule has 0 amide bonds. The molecule has 3 aliphatic rings. The Kier molecular flexibility index (Phi) is 5.14. The Balaban J connectivity index is 1.66. The van der Waals surface area contributed by atoms with Gasteiger partial charge in [-0.3, -0.25) is 4.79 Å². The Morgan fingerprint density at radius 2 is 1.86 bits per heavy atom. The molecule has 0 saturated carbocycles. The van der Waals surface area contributed by atoms with E-state index in [0.29, 0.717) is 24.6 Å². The summed E-state index contributed by atoms with van der Waals surface area (Å²) in [6, 6.07) is 3.45. The third-order valence-corrected chi connectivity index (χ3v) is 5.51. The summed E-state index contributed by atoms with van der Waals surface area (Å²) in [6.07, 6.45) is -3.11. The van der Waals surface area contributed by atoms with Gasteiger partial charge in [-0.2, -0.15) is 0 Å². The van der Waals surface area contributed by atoms with E-state index >= 15 is 0 Å². The summed E-state index contributed by atoms with van der Waals surface area (Å²) in [4.78, 5) is 11.7. The van der Waals surface area contributed by atoms with Gasteiger partial charge in [0.2, 0.25) is 5.79 Å². The van der Waals surface area contributed by atoms with Crippen LogP contribution in [0.4, 0.5) is 0 Å². The van der Waals surface area contributed by atoms with Gasteiger partial charge in [-0.1, -0.05) is 13.8 Å². The molecule has 2 N–H and O–H groups in total. The second kappa shape index (κ2) is 7.12. The van der Waals surface area contributed by atoms with Crippen LogP contribution in [0.15, 0.2) is 12.1 Å². The molecular formula is C20H29NO8. The first-order valence-corrected chi connectivity index (χ1v) is 9.82. The number of ether oxygens (including phenoxy) is 5. The highest BCUT2D eigenvalue weighted by atomic mass is 16.8. The highest BCUT2D eigenvalue weighted by Crippen LogP contribution is 2.44. The van der Waals surface area contributed by atoms with E-state index in [9.17, 15) is 15.0 Å². The molecule has 3 aliphatic heterocycles. The van der Waals surface area contributed by atoms with Crippen LogP contribution in [-0.4, -0.2) is 70.8 Å². The molecule has 29 heavy (non-hydrogen) atoms. The zero-order chi connectivity index (χ0) is 21.0. The summed E-state index contributed by atoms with van der Waals surface area (Å²) in [5, 5.41) is 20.5. The topological polar surface area (TPSA) is 109 Å². The molecule has 4 rings (SSSR count). The van der Waals surface area contributed by atoms with Gasteiger partial charge < -0.3 is 38.5 Å². The third-order valence-electron chi connectivity index (χ3n) is 5.51. The second-order valence-corrected chi connectivity index (χ2v) is 9.23. The van der Waals surface area contributed by atoms with Crippen molar-refractivity contribution in [2.24, 2.45) is 5.41 Å². The Morgan fingerprint density at radius 3 is 2.52 bits per heavy atom. The monoisotopic (exact) mass is 411 g/mol. The molecule has 0 aromatic carbocycles. The van der Waals surface area contributed by atoms with Crippen LogP contribution >= 0.6 is 0 Å². The van der Waals surface area contributed by atoms with E-state index in [0.717, 1.165) is 6.29 Å². The number of aliphatic hydroxyl groups is 2. The molecule has 0 aliphatic carbocycles. The largest absolute Gasteiger partial charge is 0.388 e. The van der Waals surface area contributed by atoms with Gasteiger partial charge in [0, 0.05) is 5.41 Å². The smallest absolute Gasteiger partial charge is 0.218 e. The van der Waals surface area contributed by atoms with Crippen LogP contribution in [0, 0.1) is 5.41 Å². The Labute approximate surface area is 169 Å². The van der Waals surface area contributed by atoms with Gasteiger partial charge in [-0.15, -0.1) is 0 Å². The molecule has 0 unspecified atom stereocenters. The van der Waals surface area contributed by atoms with E-state index in [4.69, 9.17) is 23.7 Å². The summed E-state index contributed by atoms with van der Waals surface area (Å²) >= 11 is 0. The molecule has 3 saturated heterocycles. The fraction of sp³-hybridized carbons (Fsp3) is 0.750. The standard InChI is InChI=1S/C20H29NO8/c1-18(2)10-25-17(26-11-18)13-6-5-12(7-22)21(13)9-20-16(28-19(3,4)29-20)15(24)14(23)8-27-20/h5-7,14-17,23-24H,8-11H2,1-4H3/t14-,15-,16+,20+/m1/s1. The molecular weight excluding hydrogens is 382 g/mol. The minimum absolute atomic E-state index is 0.0634. The van der Waals surface area contributed by atoms with Crippen LogP contribution in [0.1, 0.15) is 50.2 Å². The van der Waals surface area contributed by atoms with Gasteiger partial charge in [0.25, 0.3) is 0 Å². The average molecular weight is 411 g/mol. The van der Waals surface area contributed by atoms with Gasteiger partial charge in [-0.05, 0) is 26.0 Å². The first-order valence-electron chi connectivity index (χ1n) is 9.82. The number of nitrogens with zero attached hydrogens (tertiary/aromatic N) is 1. The summed E-state index contributed by atoms with van der Waals surface area (Å²) in [6.45, 7) is 8.50. The predicted molar refractivity (Wildman–Crippen MR) is 99.0 cm³/mol. The van der Waals surface area contributed by atoms with Crippen molar-refractivity contribution < 1.29 is 38.7 Å². The minimum Gasteiger partial charge on any atom is -0.388 e. The van der Waals surface area contributed by atoms with E-state index in [1.54, 1.807) is 30.5 Å². The zero-order valence-electron chi connectivity index (χ0n) is 17.2. The number of carbonyl (C=O) groups is 1. The number of carbonyl (C=O) groups excluding carboxylic acids is 1. The number of hydrogen-bond acceptors (Lipinski definition) is 8. The summed E-state index contributed by atoms with van der Waals surface area (Å²) < 4.78 is 31.3. The number of rotatable bonds is 4. The summed E-state index contributed by atoms with van der Waals surface area (Å²) in [5.41, 5.74) is 0.945. The van der Waals surface area contributed by atoms with Gasteiger partial charge in [0.1, 0.15) is 18.3 Å². The number of aliphatic hydroxyl groups excluding tert-OH is 2. The van der Waals surface area contributed by atoms with Crippen LogP contribution < -0.4 is 0 Å². The Bertz CT molecular complexity index is 765. The van der Waals surface area contributed by atoms with Crippen LogP contribution in [0.5, 0.6) is 0 Å². The fourth-order valence-corrected chi connectivity index (χ4v) is 4.10. The quantitative estimate of drug-likeness (QED) is 0.706. The molecule has 4 heterocycles. The summed E-state index contributed by atoms with van der Waals surface area (Å²) in [7, 11) is 0. The lowest BCUT2D eigenvalue weighted by Crippen LogP contribution is -2.61. The van der Waals surface area contributed by atoms with Crippen LogP contribution in [-0.2, 0) is 30.2 Å². The van der Waals surface area contributed by atoms with Gasteiger partial charge in [-0.25, -0.2) is 0 Å². The molecule has 0 spiro atoms. The fourth-order valence-electron chi connectivity index (χ4n) is 4.10. The van der Waals surface area contributed by atoms with E-state index in [1.807, 2.05) is 0 Å². The van der Waals surface area contributed by atoms with Crippen molar-refractivity contribution in [3.8, 4) is 0 Å². The van der Waals surface area contributed by atoms with Gasteiger partial charge >= 0.3 is 0 Å². The molecule has 1 aromatic heterocycles. The normalized spacial score (nSPS) is 36.7. The SMILES string of the molecule is CC1(C)COC(c2ccc(C=O)n2C[C@@]23OC[C@@H](O)[C@@H](O)[C@@H]2OC(C)(C)O3)OC1. The lowest BCUT2D eigenvalue weighted by Gasteiger charge is -2.42. The highest BCUT2D eigenvalue weighted by Gasteiger charge is 2.61. The van der Waals surface area contributed by atoms with Gasteiger partial charge in [0.15, 0.2) is 18.4 Å². The number of hydrogen-bond donors (Lipinski definition) is 2. The Hall–Kier alpha value is -1.33. The third kappa shape index (κ3) is 3.76. The van der Waals surface area contributed by atoms with E-state index in [-0.39, 0.29) is 18.6 Å². The lowest BCUT2D eigenvalue weighted by molar-refractivity contribution is -0.298. The molecule has 0 bridgehead atoms. The second-order valence-electron chi connectivity index (χ2n) is 9.23. The molecule has 162 valence electrons. The van der Waals surface area contributed by atoms with Crippen LogP contribution in [0.3, 0.4) is 0 Å². The average Bonchev–Trinajstić information content (AvgIpc) is 3.16. The maximum absolute atomic E-state index is 11.7.